The number of aliphatic hydroxyl groups excluding tert-OH is 1. The van der Waals surface area contributed by atoms with Gasteiger partial charge in [0.15, 0.2) is 17.5 Å². The van der Waals surface area contributed by atoms with Crippen molar-refractivity contribution in [3.63, 3.8) is 0 Å². The molecule has 0 aliphatic heterocycles. The van der Waals surface area contributed by atoms with Crippen LogP contribution in [0.2, 0.25) is 0 Å². The minimum absolute atomic E-state index is 0.0971. The van der Waals surface area contributed by atoms with Crippen LogP contribution in [0.5, 0.6) is 5.75 Å². The average Bonchev–Trinajstić information content (AvgIpc) is 2.84. The molecule has 4 aromatic rings. The summed E-state index contributed by atoms with van der Waals surface area (Å²) in [6.07, 6.45) is 0.826. The van der Waals surface area contributed by atoms with E-state index in [4.69, 9.17) is 19.7 Å². The van der Waals surface area contributed by atoms with Gasteiger partial charge in [-0.2, -0.15) is 0 Å². The molecule has 1 heterocycles. The van der Waals surface area contributed by atoms with Gasteiger partial charge in [0.1, 0.15) is 11.9 Å². The predicted molar refractivity (Wildman–Crippen MR) is 127 cm³/mol. The summed E-state index contributed by atoms with van der Waals surface area (Å²) in [6, 6.07) is 27.6. The predicted octanol–water partition coefficient (Wildman–Crippen LogP) is 5.80. The van der Waals surface area contributed by atoms with Crippen LogP contribution in [-0.2, 0) is 0 Å². The molecule has 5 nitrogen and oxygen atoms in total. The Balaban J connectivity index is 1.82. The summed E-state index contributed by atoms with van der Waals surface area (Å²) in [4.78, 5) is 14.4. The molecule has 32 heavy (non-hydrogen) atoms. The number of nitrogens with zero attached hydrogens (tertiary/aromatic N) is 3. The minimum atomic E-state index is -0.432. The van der Waals surface area contributed by atoms with E-state index in [1.807, 2.05) is 84.9 Å². The molecule has 5 heteroatoms. The van der Waals surface area contributed by atoms with Gasteiger partial charge in [0.2, 0.25) is 0 Å². The Morgan fingerprint density at radius 2 is 1.22 bits per heavy atom. The van der Waals surface area contributed by atoms with Gasteiger partial charge in [0.25, 0.3) is 0 Å². The number of aliphatic hydroxyl groups is 1. The maximum Gasteiger partial charge on any atom is 0.167 e. The number of hydrogen-bond acceptors (Lipinski definition) is 5. The summed E-state index contributed by atoms with van der Waals surface area (Å²) in [6.45, 7) is 3.84. The Morgan fingerprint density at radius 3 is 1.75 bits per heavy atom. The number of ether oxygens (including phenoxy) is 1. The third-order valence-electron chi connectivity index (χ3n) is 5.18. The van der Waals surface area contributed by atoms with Gasteiger partial charge in [-0.1, -0.05) is 79.7 Å². The topological polar surface area (TPSA) is 68.1 Å². The zero-order valence-corrected chi connectivity index (χ0v) is 18.3. The zero-order valence-electron chi connectivity index (χ0n) is 18.3. The molecule has 0 saturated heterocycles. The van der Waals surface area contributed by atoms with Gasteiger partial charge in [-0.05, 0) is 25.5 Å². The first-order valence-corrected chi connectivity index (χ1v) is 10.9. The number of aromatic nitrogens is 3. The Bertz CT molecular complexity index is 1090. The van der Waals surface area contributed by atoms with Crippen molar-refractivity contribution in [3.05, 3.63) is 84.9 Å². The lowest BCUT2D eigenvalue weighted by Gasteiger charge is -2.20. The Labute approximate surface area is 188 Å². The molecule has 0 aliphatic rings. The van der Waals surface area contributed by atoms with Crippen molar-refractivity contribution in [2.24, 2.45) is 0 Å². The van der Waals surface area contributed by atoms with Crippen LogP contribution in [0.3, 0.4) is 0 Å². The van der Waals surface area contributed by atoms with Crippen LogP contribution in [0.1, 0.15) is 26.7 Å². The highest BCUT2D eigenvalue weighted by molar-refractivity contribution is 5.69. The van der Waals surface area contributed by atoms with Crippen LogP contribution in [0.4, 0.5) is 0 Å². The SMILES string of the molecule is CCC(CC(C)O)Oc1ccccc1-c1nc(-c2ccccc2)nc(-c2ccccc2)n1. The summed E-state index contributed by atoms with van der Waals surface area (Å²) >= 11 is 0. The second-order valence-corrected chi connectivity index (χ2v) is 7.77. The van der Waals surface area contributed by atoms with Gasteiger partial charge in [-0.15, -0.1) is 0 Å². The number of hydrogen-bond donors (Lipinski definition) is 1. The zero-order chi connectivity index (χ0) is 22.3. The lowest BCUT2D eigenvalue weighted by atomic mass is 10.1. The second-order valence-electron chi connectivity index (χ2n) is 7.77. The number of benzene rings is 3. The lowest BCUT2D eigenvalue weighted by molar-refractivity contribution is 0.104. The van der Waals surface area contributed by atoms with Gasteiger partial charge < -0.3 is 9.84 Å². The van der Waals surface area contributed by atoms with E-state index in [9.17, 15) is 5.11 Å². The highest BCUT2D eigenvalue weighted by Gasteiger charge is 2.18. The van der Waals surface area contributed by atoms with E-state index in [1.54, 1.807) is 6.92 Å². The molecule has 0 bridgehead atoms. The smallest absolute Gasteiger partial charge is 0.167 e. The summed E-state index contributed by atoms with van der Waals surface area (Å²) in [5.74, 6) is 2.48. The van der Waals surface area contributed by atoms with Crippen LogP contribution >= 0.6 is 0 Å². The molecule has 2 atom stereocenters. The fraction of sp³-hybridized carbons (Fsp3) is 0.222. The van der Waals surface area contributed by atoms with Crippen LogP contribution < -0.4 is 4.74 Å². The first kappa shape index (κ1) is 21.7. The average molecular weight is 426 g/mol. The quantitative estimate of drug-likeness (QED) is 0.386. The maximum absolute atomic E-state index is 9.83. The minimum Gasteiger partial charge on any atom is -0.490 e. The molecule has 0 saturated carbocycles. The van der Waals surface area contributed by atoms with Crippen molar-refractivity contribution >= 4 is 0 Å². The van der Waals surface area contributed by atoms with Crippen molar-refractivity contribution in [2.45, 2.75) is 38.9 Å². The second kappa shape index (κ2) is 10.2. The fourth-order valence-corrected chi connectivity index (χ4v) is 3.54. The summed E-state index contributed by atoms with van der Waals surface area (Å²) in [5, 5.41) is 9.83. The highest BCUT2D eigenvalue weighted by atomic mass is 16.5. The van der Waals surface area contributed by atoms with Gasteiger partial charge in [0.05, 0.1) is 11.7 Å². The third-order valence-corrected chi connectivity index (χ3v) is 5.18. The Kier molecular flexibility index (Phi) is 6.87. The molecule has 1 N–H and O–H groups in total. The van der Waals surface area contributed by atoms with Gasteiger partial charge in [0, 0.05) is 17.5 Å². The Hall–Kier alpha value is -3.57. The van der Waals surface area contributed by atoms with Crippen molar-refractivity contribution in [1.29, 1.82) is 0 Å². The van der Waals surface area contributed by atoms with E-state index in [2.05, 4.69) is 6.92 Å². The first-order chi connectivity index (χ1) is 15.6. The number of rotatable bonds is 8. The molecule has 0 amide bonds. The van der Waals surface area contributed by atoms with Crippen molar-refractivity contribution in [1.82, 2.24) is 15.0 Å². The van der Waals surface area contributed by atoms with Crippen LogP contribution in [0.25, 0.3) is 34.2 Å². The molecular formula is C27H27N3O2. The molecule has 0 aliphatic carbocycles. The van der Waals surface area contributed by atoms with E-state index in [-0.39, 0.29) is 6.10 Å². The van der Waals surface area contributed by atoms with E-state index < -0.39 is 6.10 Å². The van der Waals surface area contributed by atoms with E-state index >= 15 is 0 Å². The molecule has 1 aromatic heterocycles. The fourth-order valence-electron chi connectivity index (χ4n) is 3.54. The van der Waals surface area contributed by atoms with E-state index in [0.717, 1.165) is 23.1 Å². The largest absolute Gasteiger partial charge is 0.490 e. The summed E-state index contributed by atoms with van der Waals surface area (Å²) < 4.78 is 6.29. The van der Waals surface area contributed by atoms with Crippen molar-refractivity contribution in [3.8, 4) is 39.9 Å². The molecule has 2 unspecified atom stereocenters. The molecule has 3 aromatic carbocycles. The highest BCUT2D eigenvalue weighted by Crippen LogP contribution is 2.31. The van der Waals surface area contributed by atoms with Gasteiger partial charge in [-0.3, -0.25) is 0 Å². The Morgan fingerprint density at radius 1 is 0.719 bits per heavy atom. The van der Waals surface area contributed by atoms with Crippen LogP contribution in [0, 0.1) is 0 Å². The maximum atomic E-state index is 9.83. The number of para-hydroxylation sites is 1. The van der Waals surface area contributed by atoms with Gasteiger partial charge in [-0.25, -0.2) is 15.0 Å². The molecule has 0 spiro atoms. The van der Waals surface area contributed by atoms with Crippen LogP contribution in [-0.4, -0.2) is 32.3 Å². The van der Waals surface area contributed by atoms with Crippen molar-refractivity contribution < 1.29 is 9.84 Å². The monoisotopic (exact) mass is 425 g/mol. The van der Waals surface area contributed by atoms with Gasteiger partial charge >= 0.3 is 0 Å². The molecular weight excluding hydrogens is 398 g/mol. The first-order valence-electron chi connectivity index (χ1n) is 10.9. The summed E-state index contributed by atoms with van der Waals surface area (Å²) in [5.41, 5.74) is 2.65. The third kappa shape index (κ3) is 5.18. The molecule has 0 radical (unpaired) electrons. The summed E-state index contributed by atoms with van der Waals surface area (Å²) in [7, 11) is 0. The molecule has 162 valence electrons. The van der Waals surface area contributed by atoms with Crippen molar-refractivity contribution in [2.75, 3.05) is 0 Å². The van der Waals surface area contributed by atoms with Crippen LogP contribution in [0.15, 0.2) is 84.9 Å². The standard InChI is InChI=1S/C27H27N3O2/c1-3-22(18-19(2)31)32-24-17-11-10-16-23(24)27-29-25(20-12-6-4-7-13-20)28-26(30-27)21-14-8-5-9-15-21/h4-17,19,22,31H,3,18H2,1-2H3. The normalized spacial score (nSPS) is 12.8. The van der Waals surface area contributed by atoms with E-state index in [0.29, 0.717) is 29.6 Å². The molecule has 0 fully saturated rings. The molecule has 4 rings (SSSR count). The van der Waals surface area contributed by atoms with E-state index in [1.165, 1.54) is 0 Å². The lowest BCUT2D eigenvalue weighted by Crippen LogP contribution is -2.21.